The average Bonchev–Trinajstić information content (AvgIpc) is 3.44. The van der Waals surface area contributed by atoms with Gasteiger partial charge in [-0.3, -0.25) is 14.5 Å². The first-order valence-corrected chi connectivity index (χ1v) is 11.9. The van der Waals surface area contributed by atoms with Gasteiger partial charge in [-0.2, -0.15) is 0 Å². The Bertz CT molecular complexity index is 1330. The van der Waals surface area contributed by atoms with E-state index in [1.54, 1.807) is 7.05 Å². The number of aliphatic imine (C=N–C) groups is 1. The molecule has 3 aliphatic carbocycles. The second-order valence-corrected chi connectivity index (χ2v) is 9.79. The second kappa shape index (κ2) is 6.89. The molecule has 3 aromatic rings. The van der Waals surface area contributed by atoms with Crippen LogP contribution in [0.3, 0.4) is 0 Å². The Morgan fingerprint density at radius 3 is 2.18 bits per heavy atom. The number of ether oxygens (including phenoxy) is 1. The van der Waals surface area contributed by atoms with Crippen molar-refractivity contribution in [2.75, 3.05) is 13.7 Å². The Balaban J connectivity index is 1.48. The molecule has 0 saturated carbocycles. The van der Waals surface area contributed by atoms with Crippen molar-refractivity contribution in [3.63, 3.8) is 0 Å². The highest BCUT2D eigenvalue weighted by Gasteiger charge is 2.70. The number of likely N-dealkylation sites (tertiary alicyclic amines) is 1. The predicted molar refractivity (Wildman–Crippen MR) is 128 cm³/mol. The van der Waals surface area contributed by atoms with Crippen LogP contribution in [0.15, 0.2) is 83.9 Å². The minimum Gasteiger partial charge on any atom is -0.478 e. The molecule has 1 saturated heterocycles. The van der Waals surface area contributed by atoms with E-state index in [2.05, 4.69) is 36.4 Å². The quantitative estimate of drug-likeness (QED) is 0.574. The third-order valence-electron chi connectivity index (χ3n) is 8.20. The van der Waals surface area contributed by atoms with Crippen LogP contribution < -0.4 is 0 Å². The topological polar surface area (TPSA) is 59.0 Å². The summed E-state index contributed by atoms with van der Waals surface area (Å²) in [7, 11) is 1.61. The van der Waals surface area contributed by atoms with E-state index in [9.17, 15) is 9.59 Å². The highest BCUT2D eigenvalue weighted by atomic mass is 16.5. The summed E-state index contributed by atoms with van der Waals surface area (Å²) in [4.78, 5) is 33.6. The van der Waals surface area contributed by atoms with E-state index in [0.717, 1.165) is 28.7 Å². The van der Waals surface area contributed by atoms with Crippen molar-refractivity contribution in [2.45, 2.75) is 23.8 Å². The van der Waals surface area contributed by atoms with Gasteiger partial charge in [-0.15, -0.1) is 0 Å². The molecule has 0 radical (unpaired) electrons. The molecular formula is C29H24N2O3. The molecule has 2 aliphatic heterocycles. The minimum atomic E-state index is -0.893. The molecule has 0 unspecified atom stereocenters. The number of carbonyl (C=O) groups is 2. The Morgan fingerprint density at radius 1 is 0.882 bits per heavy atom. The van der Waals surface area contributed by atoms with Crippen LogP contribution in [0, 0.1) is 11.8 Å². The molecule has 0 aromatic heterocycles. The number of nitrogens with zero attached hydrogens (tertiary/aromatic N) is 2. The lowest BCUT2D eigenvalue weighted by Crippen LogP contribution is -2.57. The van der Waals surface area contributed by atoms with Crippen molar-refractivity contribution in [1.29, 1.82) is 0 Å². The van der Waals surface area contributed by atoms with E-state index in [1.165, 1.54) is 10.5 Å². The van der Waals surface area contributed by atoms with Gasteiger partial charge in [0, 0.05) is 13.0 Å². The Morgan fingerprint density at radius 2 is 1.50 bits per heavy atom. The smallest absolute Gasteiger partial charge is 0.234 e. The van der Waals surface area contributed by atoms with Gasteiger partial charge in [0.1, 0.15) is 12.0 Å². The van der Waals surface area contributed by atoms with E-state index in [4.69, 9.17) is 9.73 Å². The van der Waals surface area contributed by atoms with Crippen LogP contribution in [0.2, 0.25) is 0 Å². The summed E-state index contributed by atoms with van der Waals surface area (Å²) in [6.07, 6.45) is 0.771. The molecule has 5 heteroatoms. The van der Waals surface area contributed by atoms with Gasteiger partial charge in [-0.1, -0.05) is 78.9 Å². The average molecular weight is 449 g/mol. The molecule has 0 N–H and O–H groups in total. The highest BCUT2D eigenvalue weighted by molar-refractivity contribution is 6.13. The van der Waals surface area contributed by atoms with Gasteiger partial charge in [0.05, 0.1) is 17.9 Å². The van der Waals surface area contributed by atoms with Crippen molar-refractivity contribution < 1.29 is 14.3 Å². The van der Waals surface area contributed by atoms with Crippen molar-refractivity contribution in [3.05, 3.63) is 107 Å². The van der Waals surface area contributed by atoms with Gasteiger partial charge in [0.2, 0.25) is 11.8 Å². The first-order valence-electron chi connectivity index (χ1n) is 11.9. The second-order valence-electron chi connectivity index (χ2n) is 9.79. The Kier molecular flexibility index (Phi) is 3.99. The van der Waals surface area contributed by atoms with Crippen LogP contribution in [0.25, 0.3) is 0 Å². The molecule has 0 spiro atoms. The maximum absolute atomic E-state index is 13.7. The minimum absolute atomic E-state index is 0.0332. The first kappa shape index (κ1) is 19.7. The van der Waals surface area contributed by atoms with Crippen molar-refractivity contribution in [2.24, 2.45) is 16.8 Å². The molecule has 5 aliphatic rings. The number of hydrogen-bond acceptors (Lipinski definition) is 4. The summed E-state index contributed by atoms with van der Waals surface area (Å²) in [6, 6.07) is 26.7. The van der Waals surface area contributed by atoms with Crippen molar-refractivity contribution in [3.8, 4) is 0 Å². The maximum atomic E-state index is 13.7. The monoisotopic (exact) mass is 448 g/mol. The van der Waals surface area contributed by atoms with Gasteiger partial charge >= 0.3 is 0 Å². The number of hydrogen-bond donors (Lipinski definition) is 0. The number of carbonyl (C=O) groups excluding carboxylic acids is 2. The van der Waals surface area contributed by atoms with Gasteiger partial charge in [0.15, 0.2) is 5.90 Å². The summed E-state index contributed by atoms with van der Waals surface area (Å²) in [5.74, 6) is -0.786. The van der Waals surface area contributed by atoms with Crippen LogP contribution in [0.1, 0.15) is 33.7 Å². The van der Waals surface area contributed by atoms with E-state index < -0.39 is 17.3 Å². The lowest BCUT2D eigenvalue weighted by Gasteiger charge is -2.53. The SMILES string of the molecule is CN1C(=O)[C@H]2C3c4ccccc4C(C4=N[C@@H](Cc5ccccc5)CO4)(c4ccccc43)[C@H]2C1=O. The predicted octanol–water partition coefficient (Wildman–Crippen LogP) is 3.70. The molecular weight excluding hydrogens is 424 g/mol. The summed E-state index contributed by atoms with van der Waals surface area (Å²) in [6.45, 7) is 0.467. The molecule has 3 aromatic carbocycles. The maximum Gasteiger partial charge on any atom is 0.234 e. The summed E-state index contributed by atoms with van der Waals surface area (Å²) in [5.41, 5.74) is 4.63. The van der Waals surface area contributed by atoms with Gasteiger partial charge in [-0.25, -0.2) is 4.99 Å². The first-order chi connectivity index (χ1) is 16.6. The van der Waals surface area contributed by atoms with Crippen molar-refractivity contribution in [1.82, 2.24) is 4.90 Å². The fourth-order valence-electron chi connectivity index (χ4n) is 6.90. The molecule has 5 nitrogen and oxygen atoms in total. The fraction of sp³-hybridized carbons (Fsp3) is 0.276. The van der Waals surface area contributed by atoms with Crippen LogP contribution in [-0.2, 0) is 26.2 Å². The van der Waals surface area contributed by atoms with E-state index in [0.29, 0.717) is 12.5 Å². The molecule has 2 heterocycles. The van der Waals surface area contributed by atoms with Crippen LogP contribution >= 0.6 is 0 Å². The van der Waals surface area contributed by atoms with Crippen LogP contribution in [-0.4, -0.2) is 42.3 Å². The van der Waals surface area contributed by atoms with Gasteiger partial charge in [0.25, 0.3) is 0 Å². The van der Waals surface area contributed by atoms with E-state index >= 15 is 0 Å². The molecule has 168 valence electrons. The summed E-state index contributed by atoms with van der Waals surface area (Å²) >= 11 is 0. The normalized spacial score (nSPS) is 30.5. The fourth-order valence-corrected chi connectivity index (χ4v) is 6.90. The van der Waals surface area contributed by atoms with Crippen molar-refractivity contribution >= 4 is 17.7 Å². The molecule has 34 heavy (non-hydrogen) atoms. The number of rotatable bonds is 3. The summed E-state index contributed by atoms with van der Waals surface area (Å²) in [5, 5.41) is 0. The Hall–Kier alpha value is -3.73. The Labute approximate surface area is 198 Å². The third kappa shape index (κ3) is 2.32. The van der Waals surface area contributed by atoms with Crippen LogP contribution in [0.4, 0.5) is 0 Å². The molecule has 2 bridgehead atoms. The molecule has 3 atom stereocenters. The van der Waals surface area contributed by atoms with Gasteiger partial charge in [-0.05, 0) is 34.2 Å². The number of imide groups is 1. The van der Waals surface area contributed by atoms with E-state index in [1.807, 2.05) is 42.5 Å². The zero-order chi connectivity index (χ0) is 23.0. The van der Waals surface area contributed by atoms with Crippen LogP contribution in [0.5, 0.6) is 0 Å². The van der Waals surface area contributed by atoms with E-state index in [-0.39, 0.29) is 23.8 Å². The third-order valence-corrected chi connectivity index (χ3v) is 8.20. The zero-order valence-corrected chi connectivity index (χ0v) is 18.8. The summed E-state index contributed by atoms with van der Waals surface area (Å²) < 4.78 is 6.40. The molecule has 1 fully saturated rings. The lowest BCUT2D eigenvalue weighted by atomic mass is 9.47. The zero-order valence-electron chi connectivity index (χ0n) is 18.8. The lowest BCUT2D eigenvalue weighted by molar-refractivity contribution is -0.138. The molecule has 8 rings (SSSR count). The number of amides is 2. The standard InChI is InChI=1S/C29H24N2O3/c1-31-26(32)24-23-19-11-5-7-13-21(19)29(25(24)27(31)33,22-14-8-6-12-20(22)23)28-30-18(16-34-28)15-17-9-3-2-4-10-17/h2-14,18,23-25H,15-16H2,1H3/t18-,23?,24-,25+,29?/m0/s1. The number of benzene rings is 3. The largest absolute Gasteiger partial charge is 0.478 e. The molecule has 2 amide bonds. The highest BCUT2D eigenvalue weighted by Crippen LogP contribution is 2.64. The van der Waals surface area contributed by atoms with Gasteiger partial charge < -0.3 is 4.74 Å².